The Balaban J connectivity index is 1.74. The average molecular weight is 418 g/mol. The number of β-lactam (4-membered cyclic amide) rings is 1. The van der Waals surface area contributed by atoms with Gasteiger partial charge in [-0.2, -0.15) is 0 Å². The van der Waals surface area contributed by atoms with E-state index in [2.05, 4.69) is 21.2 Å². The monoisotopic (exact) mass is 417 g/mol. The normalized spacial score (nSPS) is 18.6. The number of aliphatic hydroxyl groups excluding tert-OH is 1. The number of halogens is 1. The second kappa shape index (κ2) is 8.47. The molecule has 0 aromatic heterocycles. The SMILES string of the molecule is O=C1CC(C(CC(=O)OC(c2ccccc2)c2ccccc2)C(O)Br)N1. The molecule has 2 N–H and O–H groups in total. The molecule has 0 aliphatic carbocycles. The Kier molecular flexibility index (Phi) is 6.06. The zero-order chi connectivity index (χ0) is 18.5. The number of alkyl halides is 1. The Morgan fingerprint density at radius 2 is 1.62 bits per heavy atom. The molecule has 2 aromatic carbocycles. The topological polar surface area (TPSA) is 75.6 Å². The van der Waals surface area contributed by atoms with Crippen LogP contribution in [0.25, 0.3) is 0 Å². The summed E-state index contributed by atoms with van der Waals surface area (Å²) >= 11 is 3.12. The summed E-state index contributed by atoms with van der Waals surface area (Å²) in [6, 6.07) is 18.8. The Labute approximate surface area is 160 Å². The van der Waals surface area contributed by atoms with E-state index in [-0.39, 0.29) is 18.4 Å². The van der Waals surface area contributed by atoms with Crippen LogP contribution in [0.15, 0.2) is 60.7 Å². The van der Waals surface area contributed by atoms with Crippen molar-refractivity contribution in [3.63, 3.8) is 0 Å². The van der Waals surface area contributed by atoms with Gasteiger partial charge in [-0.15, -0.1) is 0 Å². The van der Waals surface area contributed by atoms with Gasteiger partial charge in [-0.05, 0) is 11.1 Å². The molecule has 3 atom stereocenters. The van der Waals surface area contributed by atoms with Crippen molar-refractivity contribution in [1.29, 1.82) is 0 Å². The lowest BCUT2D eigenvalue weighted by molar-refractivity contribution is -0.150. The van der Waals surface area contributed by atoms with Crippen molar-refractivity contribution in [2.45, 2.75) is 30.0 Å². The Hall–Kier alpha value is -2.18. The highest BCUT2D eigenvalue weighted by atomic mass is 79.9. The van der Waals surface area contributed by atoms with Crippen molar-refractivity contribution in [2.75, 3.05) is 0 Å². The summed E-state index contributed by atoms with van der Waals surface area (Å²) in [5.41, 5.74) is 1.75. The standard InChI is InChI=1S/C20H20BrNO4/c21-20(25)15(16-12-17(23)22-16)11-18(24)26-19(13-7-3-1-4-8-13)14-9-5-2-6-10-14/h1-10,15-16,19-20,25H,11-12H2,(H,22,23). The first kappa shape index (κ1) is 18.6. The van der Waals surface area contributed by atoms with E-state index in [9.17, 15) is 14.7 Å². The molecule has 26 heavy (non-hydrogen) atoms. The molecular formula is C20H20BrNO4. The molecular weight excluding hydrogens is 398 g/mol. The maximum atomic E-state index is 12.6. The summed E-state index contributed by atoms with van der Waals surface area (Å²) in [6.07, 6.45) is -0.205. The van der Waals surface area contributed by atoms with E-state index in [4.69, 9.17) is 4.74 Å². The summed E-state index contributed by atoms with van der Waals surface area (Å²) in [4.78, 5) is 23.7. The Morgan fingerprint density at radius 3 is 2.04 bits per heavy atom. The number of aliphatic hydroxyl groups is 1. The van der Waals surface area contributed by atoms with Gasteiger partial charge in [0.15, 0.2) is 6.10 Å². The average Bonchev–Trinajstić information content (AvgIpc) is 2.63. The van der Waals surface area contributed by atoms with Gasteiger partial charge in [0.05, 0.1) is 6.42 Å². The van der Waals surface area contributed by atoms with Crippen LogP contribution >= 0.6 is 15.9 Å². The quantitative estimate of drug-likeness (QED) is 0.412. The number of benzene rings is 2. The number of nitrogens with one attached hydrogen (secondary N) is 1. The lowest BCUT2D eigenvalue weighted by atomic mass is 9.89. The number of hydrogen-bond donors (Lipinski definition) is 2. The third-order valence-corrected chi connectivity index (χ3v) is 5.16. The van der Waals surface area contributed by atoms with Crippen molar-refractivity contribution in [2.24, 2.45) is 5.92 Å². The van der Waals surface area contributed by atoms with Crippen LogP contribution in [-0.2, 0) is 14.3 Å². The minimum absolute atomic E-state index is 0.00747. The van der Waals surface area contributed by atoms with Gasteiger partial charge in [-0.1, -0.05) is 76.6 Å². The van der Waals surface area contributed by atoms with Crippen LogP contribution in [0.4, 0.5) is 0 Å². The molecule has 0 spiro atoms. The highest BCUT2D eigenvalue weighted by molar-refractivity contribution is 9.09. The lowest BCUT2D eigenvalue weighted by Gasteiger charge is -2.35. The molecule has 3 rings (SSSR count). The number of rotatable bonds is 7. The molecule has 0 radical (unpaired) electrons. The van der Waals surface area contributed by atoms with Crippen molar-refractivity contribution < 1.29 is 19.4 Å². The minimum Gasteiger partial charge on any atom is -0.453 e. The third-order valence-electron chi connectivity index (χ3n) is 4.48. The fraction of sp³-hybridized carbons (Fsp3) is 0.300. The highest BCUT2D eigenvalue weighted by Gasteiger charge is 2.38. The first-order valence-electron chi connectivity index (χ1n) is 8.45. The molecule has 2 aromatic rings. The van der Waals surface area contributed by atoms with Crippen LogP contribution in [0, 0.1) is 5.92 Å². The number of esters is 1. The van der Waals surface area contributed by atoms with Crippen LogP contribution in [0.5, 0.6) is 0 Å². The van der Waals surface area contributed by atoms with E-state index in [1.54, 1.807) is 0 Å². The molecule has 1 fully saturated rings. The maximum Gasteiger partial charge on any atom is 0.307 e. The molecule has 1 amide bonds. The molecule has 1 aliphatic rings. The van der Waals surface area contributed by atoms with Gasteiger partial charge in [-0.25, -0.2) is 0 Å². The molecule has 3 unspecified atom stereocenters. The predicted molar refractivity (Wildman–Crippen MR) is 100 cm³/mol. The summed E-state index contributed by atoms with van der Waals surface area (Å²) in [5.74, 6) is -0.937. The predicted octanol–water partition coefficient (Wildman–Crippen LogP) is 2.93. The fourth-order valence-electron chi connectivity index (χ4n) is 3.03. The largest absolute Gasteiger partial charge is 0.453 e. The molecule has 5 nitrogen and oxygen atoms in total. The van der Waals surface area contributed by atoms with E-state index in [0.29, 0.717) is 6.42 Å². The first-order valence-corrected chi connectivity index (χ1v) is 9.37. The molecule has 1 saturated heterocycles. The van der Waals surface area contributed by atoms with Crippen LogP contribution in [0.2, 0.25) is 0 Å². The fourth-order valence-corrected chi connectivity index (χ4v) is 3.59. The number of carbonyl (C=O) groups excluding carboxylic acids is 2. The second-order valence-corrected chi connectivity index (χ2v) is 7.25. The van der Waals surface area contributed by atoms with E-state index in [0.717, 1.165) is 11.1 Å². The van der Waals surface area contributed by atoms with Crippen molar-refractivity contribution in [1.82, 2.24) is 5.32 Å². The van der Waals surface area contributed by atoms with Gasteiger partial charge in [-0.3, -0.25) is 9.59 Å². The number of hydrogen-bond acceptors (Lipinski definition) is 4. The van der Waals surface area contributed by atoms with Crippen LogP contribution < -0.4 is 5.32 Å². The second-order valence-electron chi connectivity index (χ2n) is 6.31. The zero-order valence-electron chi connectivity index (χ0n) is 14.0. The van der Waals surface area contributed by atoms with Crippen molar-refractivity contribution in [3.8, 4) is 0 Å². The molecule has 6 heteroatoms. The molecule has 0 bridgehead atoms. The van der Waals surface area contributed by atoms with Crippen LogP contribution in [-0.4, -0.2) is 28.0 Å². The van der Waals surface area contributed by atoms with Crippen LogP contribution in [0.3, 0.4) is 0 Å². The van der Waals surface area contributed by atoms with Gasteiger partial charge in [0, 0.05) is 18.4 Å². The number of carbonyl (C=O) groups is 2. The number of amides is 1. The molecule has 0 saturated carbocycles. The van der Waals surface area contributed by atoms with Gasteiger partial charge in [0.2, 0.25) is 5.91 Å². The summed E-state index contributed by atoms with van der Waals surface area (Å²) in [6.45, 7) is 0. The van der Waals surface area contributed by atoms with Crippen LogP contribution in [0.1, 0.15) is 30.1 Å². The summed E-state index contributed by atoms with van der Waals surface area (Å²) < 4.78 is 5.77. The smallest absolute Gasteiger partial charge is 0.307 e. The van der Waals surface area contributed by atoms with Gasteiger partial charge in [0.1, 0.15) is 5.01 Å². The van der Waals surface area contributed by atoms with E-state index >= 15 is 0 Å². The molecule has 136 valence electrons. The Morgan fingerprint density at radius 1 is 1.12 bits per heavy atom. The first-order chi connectivity index (χ1) is 12.5. The molecule has 1 heterocycles. The third kappa shape index (κ3) is 4.51. The van der Waals surface area contributed by atoms with E-state index in [1.807, 2.05) is 60.7 Å². The van der Waals surface area contributed by atoms with Crippen molar-refractivity contribution in [3.05, 3.63) is 71.8 Å². The molecule has 1 aliphatic heterocycles. The highest BCUT2D eigenvalue weighted by Crippen LogP contribution is 2.30. The minimum atomic E-state index is -0.896. The lowest BCUT2D eigenvalue weighted by Crippen LogP contribution is -2.55. The Bertz CT molecular complexity index is 703. The zero-order valence-corrected chi connectivity index (χ0v) is 15.6. The maximum absolute atomic E-state index is 12.6. The van der Waals surface area contributed by atoms with Crippen molar-refractivity contribution >= 4 is 27.8 Å². The van der Waals surface area contributed by atoms with Gasteiger partial charge >= 0.3 is 5.97 Å². The van der Waals surface area contributed by atoms with E-state index < -0.39 is 23.0 Å². The van der Waals surface area contributed by atoms with E-state index in [1.165, 1.54) is 0 Å². The van der Waals surface area contributed by atoms with Gasteiger partial charge < -0.3 is 15.2 Å². The summed E-state index contributed by atoms with van der Waals surface area (Å²) in [5, 5.41) is 11.7. The number of ether oxygens (including phenoxy) is 1. The van der Waals surface area contributed by atoms with Gasteiger partial charge in [0.25, 0.3) is 0 Å². The summed E-state index contributed by atoms with van der Waals surface area (Å²) in [7, 11) is 0.